The summed E-state index contributed by atoms with van der Waals surface area (Å²) < 4.78 is 10.7. The van der Waals surface area contributed by atoms with Crippen molar-refractivity contribution in [1.82, 2.24) is 5.32 Å². The Balaban J connectivity index is 1.68. The zero-order valence-corrected chi connectivity index (χ0v) is 10.4. The van der Waals surface area contributed by atoms with Gasteiger partial charge in [0.2, 0.25) is 0 Å². The van der Waals surface area contributed by atoms with Crippen LogP contribution in [0.5, 0.6) is 5.75 Å². The van der Waals surface area contributed by atoms with Gasteiger partial charge < -0.3 is 14.8 Å². The number of ether oxygens (including phenoxy) is 2. The lowest BCUT2D eigenvalue weighted by Gasteiger charge is -2.10. The van der Waals surface area contributed by atoms with Crippen LogP contribution in [0, 0.1) is 0 Å². The molecule has 17 heavy (non-hydrogen) atoms. The van der Waals surface area contributed by atoms with Crippen LogP contribution in [0.2, 0.25) is 0 Å². The molecule has 0 bridgehead atoms. The molecule has 2 rings (SSSR count). The summed E-state index contributed by atoms with van der Waals surface area (Å²) in [5.41, 5.74) is 1.34. The summed E-state index contributed by atoms with van der Waals surface area (Å²) in [4.78, 5) is 0. The van der Waals surface area contributed by atoms with Crippen LogP contribution in [-0.4, -0.2) is 33.4 Å². The zero-order valence-electron chi connectivity index (χ0n) is 10.4. The molecule has 0 aliphatic carbocycles. The normalized spacial score (nSPS) is 17.8. The first-order chi connectivity index (χ1) is 8.42. The first-order valence-corrected chi connectivity index (χ1v) is 6.33. The molecule has 0 aromatic heterocycles. The van der Waals surface area contributed by atoms with Crippen molar-refractivity contribution in [2.75, 3.05) is 33.4 Å². The molecule has 0 saturated heterocycles. The Morgan fingerprint density at radius 3 is 3.12 bits per heavy atom. The molecular weight excluding hydrogens is 214 g/mol. The standard InChI is InChI=1S/C14H21NO2/c1-16-9-5-4-8-15-10-12-11-17-14-7-3-2-6-13(12)14/h2-3,6-7,12,15H,4-5,8-11H2,1H3. The molecule has 1 unspecified atom stereocenters. The molecule has 0 spiro atoms. The summed E-state index contributed by atoms with van der Waals surface area (Å²) in [6.45, 7) is 3.73. The predicted molar refractivity (Wildman–Crippen MR) is 68.7 cm³/mol. The summed E-state index contributed by atoms with van der Waals surface area (Å²) >= 11 is 0. The van der Waals surface area contributed by atoms with Crippen LogP contribution in [0.3, 0.4) is 0 Å². The minimum absolute atomic E-state index is 0.508. The number of rotatable bonds is 7. The van der Waals surface area contributed by atoms with Gasteiger partial charge in [0.15, 0.2) is 0 Å². The van der Waals surface area contributed by atoms with Crippen LogP contribution < -0.4 is 10.1 Å². The third-order valence-corrected chi connectivity index (χ3v) is 3.14. The summed E-state index contributed by atoms with van der Waals surface area (Å²) in [5, 5.41) is 3.49. The van der Waals surface area contributed by atoms with Gasteiger partial charge in [0, 0.05) is 31.7 Å². The minimum atomic E-state index is 0.508. The van der Waals surface area contributed by atoms with Crippen LogP contribution in [0.25, 0.3) is 0 Å². The molecule has 3 heteroatoms. The van der Waals surface area contributed by atoms with Crippen LogP contribution in [0.15, 0.2) is 24.3 Å². The molecule has 0 fully saturated rings. The largest absolute Gasteiger partial charge is 0.493 e. The Hall–Kier alpha value is -1.06. The van der Waals surface area contributed by atoms with Gasteiger partial charge in [0.1, 0.15) is 5.75 Å². The maximum atomic E-state index is 5.65. The van der Waals surface area contributed by atoms with Gasteiger partial charge in [-0.1, -0.05) is 18.2 Å². The molecule has 1 aromatic rings. The van der Waals surface area contributed by atoms with Gasteiger partial charge in [-0.15, -0.1) is 0 Å². The van der Waals surface area contributed by atoms with Crippen molar-refractivity contribution in [2.24, 2.45) is 0 Å². The molecule has 0 amide bonds. The van der Waals surface area contributed by atoms with Gasteiger partial charge in [-0.3, -0.25) is 0 Å². The number of para-hydroxylation sites is 1. The van der Waals surface area contributed by atoms with E-state index in [-0.39, 0.29) is 0 Å². The van der Waals surface area contributed by atoms with E-state index in [9.17, 15) is 0 Å². The average molecular weight is 235 g/mol. The van der Waals surface area contributed by atoms with Crippen LogP contribution in [-0.2, 0) is 4.74 Å². The Bertz CT molecular complexity index is 341. The van der Waals surface area contributed by atoms with E-state index in [0.717, 1.165) is 38.5 Å². The lowest BCUT2D eigenvalue weighted by Crippen LogP contribution is -2.23. The van der Waals surface area contributed by atoms with Gasteiger partial charge >= 0.3 is 0 Å². The van der Waals surface area contributed by atoms with Gasteiger partial charge in [-0.25, -0.2) is 0 Å². The van der Waals surface area contributed by atoms with Crippen LogP contribution in [0.1, 0.15) is 24.3 Å². The van der Waals surface area contributed by atoms with E-state index in [1.54, 1.807) is 7.11 Å². The average Bonchev–Trinajstić information content (AvgIpc) is 2.77. The number of fused-ring (bicyclic) bond motifs is 1. The van der Waals surface area contributed by atoms with E-state index in [2.05, 4.69) is 17.4 Å². The van der Waals surface area contributed by atoms with Crippen molar-refractivity contribution >= 4 is 0 Å². The highest BCUT2D eigenvalue weighted by Crippen LogP contribution is 2.32. The Labute approximate surface area is 103 Å². The highest BCUT2D eigenvalue weighted by Gasteiger charge is 2.22. The topological polar surface area (TPSA) is 30.5 Å². The number of methoxy groups -OCH3 is 1. The van der Waals surface area contributed by atoms with Gasteiger partial charge in [0.25, 0.3) is 0 Å². The first kappa shape index (κ1) is 12.4. The number of nitrogens with one attached hydrogen (secondary N) is 1. The van der Waals surface area contributed by atoms with Crippen LogP contribution >= 0.6 is 0 Å². The fourth-order valence-electron chi connectivity index (χ4n) is 2.17. The SMILES string of the molecule is COCCCCNCC1COc2ccccc21. The Kier molecular flexibility index (Phi) is 4.83. The van der Waals surface area contributed by atoms with Crippen molar-refractivity contribution in [3.63, 3.8) is 0 Å². The molecule has 1 heterocycles. The molecule has 1 aliphatic heterocycles. The third kappa shape index (κ3) is 3.45. The molecule has 1 aromatic carbocycles. The lowest BCUT2D eigenvalue weighted by molar-refractivity contribution is 0.192. The number of hydrogen-bond acceptors (Lipinski definition) is 3. The van der Waals surface area contributed by atoms with Crippen molar-refractivity contribution in [1.29, 1.82) is 0 Å². The zero-order chi connectivity index (χ0) is 11.9. The molecule has 1 N–H and O–H groups in total. The maximum absolute atomic E-state index is 5.65. The number of benzene rings is 1. The second-order valence-corrected chi connectivity index (χ2v) is 4.45. The molecule has 1 atom stereocenters. The fraction of sp³-hybridized carbons (Fsp3) is 0.571. The summed E-state index contributed by atoms with van der Waals surface area (Å²) in [6.07, 6.45) is 2.30. The van der Waals surface area contributed by atoms with Gasteiger partial charge in [-0.2, -0.15) is 0 Å². The van der Waals surface area contributed by atoms with E-state index >= 15 is 0 Å². The summed E-state index contributed by atoms with van der Waals surface area (Å²) in [7, 11) is 1.75. The quantitative estimate of drug-likeness (QED) is 0.735. The van der Waals surface area contributed by atoms with E-state index < -0.39 is 0 Å². The van der Waals surface area contributed by atoms with E-state index in [0.29, 0.717) is 5.92 Å². The fourth-order valence-corrected chi connectivity index (χ4v) is 2.17. The third-order valence-electron chi connectivity index (χ3n) is 3.14. The van der Waals surface area contributed by atoms with Crippen molar-refractivity contribution < 1.29 is 9.47 Å². The van der Waals surface area contributed by atoms with Crippen molar-refractivity contribution in [3.05, 3.63) is 29.8 Å². The number of hydrogen-bond donors (Lipinski definition) is 1. The Morgan fingerprint density at radius 1 is 1.35 bits per heavy atom. The van der Waals surface area contributed by atoms with Crippen LogP contribution in [0.4, 0.5) is 0 Å². The highest BCUT2D eigenvalue weighted by atomic mass is 16.5. The smallest absolute Gasteiger partial charge is 0.122 e. The monoisotopic (exact) mass is 235 g/mol. The first-order valence-electron chi connectivity index (χ1n) is 6.33. The maximum Gasteiger partial charge on any atom is 0.122 e. The highest BCUT2D eigenvalue weighted by molar-refractivity contribution is 5.39. The van der Waals surface area contributed by atoms with E-state index in [1.165, 1.54) is 12.0 Å². The lowest BCUT2D eigenvalue weighted by atomic mass is 10.0. The van der Waals surface area contributed by atoms with Gasteiger partial charge in [0.05, 0.1) is 6.61 Å². The second kappa shape index (κ2) is 6.62. The van der Waals surface area contributed by atoms with Gasteiger partial charge in [-0.05, 0) is 25.5 Å². The van der Waals surface area contributed by atoms with E-state index in [4.69, 9.17) is 9.47 Å². The molecule has 0 saturated carbocycles. The van der Waals surface area contributed by atoms with E-state index in [1.807, 2.05) is 12.1 Å². The summed E-state index contributed by atoms with van der Waals surface area (Å²) in [5.74, 6) is 1.56. The number of unbranched alkanes of at least 4 members (excludes halogenated alkanes) is 1. The predicted octanol–water partition coefficient (Wildman–Crippen LogP) is 2.18. The molecule has 94 valence electrons. The molecular formula is C14H21NO2. The summed E-state index contributed by atoms with van der Waals surface area (Å²) in [6, 6.07) is 8.33. The minimum Gasteiger partial charge on any atom is -0.493 e. The van der Waals surface area contributed by atoms with Crippen molar-refractivity contribution in [3.8, 4) is 5.75 Å². The molecule has 0 radical (unpaired) electrons. The Morgan fingerprint density at radius 2 is 2.24 bits per heavy atom. The van der Waals surface area contributed by atoms with Crippen molar-refractivity contribution in [2.45, 2.75) is 18.8 Å². The second-order valence-electron chi connectivity index (χ2n) is 4.45. The molecule has 3 nitrogen and oxygen atoms in total. The molecule has 1 aliphatic rings.